The molecule has 3 aromatic carbocycles. The molecule has 4 heteroatoms. The summed E-state index contributed by atoms with van der Waals surface area (Å²) in [4.78, 5) is 0. The van der Waals surface area contributed by atoms with Crippen LogP contribution in [-0.4, -0.2) is 14.2 Å². The zero-order valence-corrected chi connectivity index (χ0v) is 16.3. The van der Waals surface area contributed by atoms with Gasteiger partial charge in [-0.05, 0) is 39.9 Å². The summed E-state index contributed by atoms with van der Waals surface area (Å²) in [5, 5.41) is 19.4. The van der Waals surface area contributed by atoms with E-state index in [1.807, 2.05) is 72.8 Å². The van der Waals surface area contributed by atoms with Crippen LogP contribution in [0.25, 0.3) is 22.3 Å². The number of hydrogen-bond donors (Lipinski definition) is 0. The Morgan fingerprint density at radius 3 is 1.55 bits per heavy atom. The Labute approximate surface area is 170 Å². The summed E-state index contributed by atoms with van der Waals surface area (Å²) in [5.74, 6) is 0.801. The molecule has 0 radical (unpaired) electrons. The van der Waals surface area contributed by atoms with Gasteiger partial charge >= 0.3 is 0 Å². The van der Waals surface area contributed by atoms with E-state index in [4.69, 9.17) is 9.47 Å². The molecule has 0 fully saturated rings. The van der Waals surface area contributed by atoms with Gasteiger partial charge in [-0.3, -0.25) is 0 Å². The van der Waals surface area contributed by atoms with Crippen LogP contribution in [0.5, 0.6) is 5.75 Å². The largest absolute Gasteiger partial charge is 0.497 e. The Bertz CT molecular complexity index is 1080. The second-order valence-electron chi connectivity index (χ2n) is 6.41. The molecule has 3 aromatic rings. The van der Waals surface area contributed by atoms with Crippen molar-refractivity contribution in [3.63, 3.8) is 0 Å². The number of allylic oxidation sites excluding steroid dienone is 2. The van der Waals surface area contributed by atoms with Crippen molar-refractivity contribution in [1.82, 2.24) is 0 Å². The number of benzene rings is 3. The first kappa shape index (κ1) is 19.9. The molecule has 0 saturated carbocycles. The van der Waals surface area contributed by atoms with Crippen molar-refractivity contribution in [2.45, 2.75) is 6.61 Å². The standard InChI is InChI=1S/C25H20N2O2/c1-28-17-18-3-5-21(6-4-18)24(15-26)25(16-27)22-9-7-19(8-10-22)20-11-13-23(29-2)14-12-20/h3-14H,17H2,1-2H3. The fraction of sp³-hybridized carbons (Fsp3) is 0.120. The van der Waals surface area contributed by atoms with Gasteiger partial charge < -0.3 is 9.47 Å². The van der Waals surface area contributed by atoms with Gasteiger partial charge in [-0.25, -0.2) is 0 Å². The molecule has 4 nitrogen and oxygen atoms in total. The average Bonchev–Trinajstić information content (AvgIpc) is 2.78. The third-order valence-corrected chi connectivity index (χ3v) is 4.62. The molecule has 0 unspecified atom stereocenters. The van der Waals surface area contributed by atoms with E-state index in [0.717, 1.165) is 22.4 Å². The van der Waals surface area contributed by atoms with E-state index in [1.165, 1.54) is 0 Å². The highest BCUT2D eigenvalue weighted by Crippen LogP contribution is 2.29. The molecule has 3 rings (SSSR count). The van der Waals surface area contributed by atoms with E-state index in [1.54, 1.807) is 14.2 Å². The predicted molar refractivity (Wildman–Crippen MR) is 114 cm³/mol. The lowest BCUT2D eigenvalue weighted by Gasteiger charge is -2.08. The number of hydrogen-bond acceptors (Lipinski definition) is 4. The zero-order valence-electron chi connectivity index (χ0n) is 16.3. The lowest BCUT2D eigenvalue weighted by molar-refractivity contribution is 0.185. The molecule has 0 heterocycles. The Hall–Kier alpha value is -3.86. The zero-order chi connectivity index (χ0) is 20.6. The van der Waals surface area contributed by atoms with Crippen LogP contribution in [0.4, 0.5) is 0 Å². The minimum atomic E-state index is 0.355. The third-order valence-electron chi connectivity index (χ3n) is 4.62. The lowest BCUT2D eigenvalue weighted by atomic mass is 9.94. The predicted octanol–water partition coefficient (Wildman–Crippen LogP) is 5.47. The molecular weight excluding hydrogens is 360 g/mol. The van der Waals surface area contributed by atoms with Crippen molar-refractivity contribution in [1.29, 1.82) is 10.5 Å². The van der Waals surface area contributed by atoms with Crippen molar-refractivity contribution in [3.8, 4) is 29.0 Å². The van der Waals surface area contributed by atoms with E-state index in [-0.39, 0.29) is 0 Å². The molecule has 0 aliphatic carbocycles. The smallest absolute Gasteiger partial charge is 0.118 e. The molecule has 0 saturated heterocycles. The van der Waals surface area contributed by atoms with Crippen LogP contribution < -0.4 is 4.74 Å². The highest BCUT2D eigenvalue weighted by Gasteiger charge is 2.12. The van der Waals surface area contributed by atoms with Crippen LogP contribution in [0.1, 0.15) is 16.7 Å². The quantitative estimate of drug-likeness (QED) is 0.420. The van der Waals surface area contributed by atoms with Crippen molar-refractivity contribution < 1.29 is 9.47 Å². The van der Waals surface area contributed by atoms with Gasteiger partial charge in [0.15, 0.2) is 0 Å². The number of ether oxygens (including phenoxy) is 2. The molecule has 0 spiro atoms. The monoisotopic (exact) mass is 380 g/mol. The maximum atomic E-state index is 9.73. The van der Waals surface area contributed by atoms with Crippen LogP contribution in [0.3, 0.4) is 0 Å². The molecule has 0 aromatic heterocycles. The van der Waals surface area contributed by atoms with Crippen molar-refractivity contribution in [3.05, 3.63) is 89.5 Å². The minimum absolute atomic E-state index is 0.355. The minimum Gasteiger partial charge on any atom is -0.497 e. The highest BCUT2D eigenvalue weighted by atomic mass is 16.5. The van der Waals surface area contributed by atoms with Gasteiger partial charge in [0.1, 0.15) is 17.9 Å². The van der Waals surface area contributed by atoms with Crippen molar-refractivity contribution >= 4 is 11.1 Å². The summed E-state index contributed by atoms with van der Waals surface area (Å²) >= 11 is 0. The summed E-state index contributed by atoms with van der Waals surface area (Å²) in [6.07, 6.45) is 0. The van der Waals surface area contributed by atoms with E-state index >= 15 is 0 Å². The number of rotatable bonds is 6. The molecule has 0 amide bonds. The first-order chi connectivity index (χ1) is 14.2. The van der Waals surface area contributed by atoms with Gasteiger partial charge in [0, 0.05) is 7.11 Å². The Balaban J connectivity index is 1.95. The third kappa shape index (κ3) is 4.52. The van der Waals surface area contributed by atoms with Gasteiger partial charge in [0.05, 0.1) is 24.9 Å². The van der Waals surface area contributed by atoms with Crippen LogP contribution in [0, 0.1) is 22.7 Å². The van der Waals surface area contributed by atoms with E-state index in [9.17, 15) is 10.5 Å². The SMILES string of the molecule is COCc1ccc(C(C#N)=C(C#N)c2ccc(-c3ccc(OC)cc3)cc2)cc1. The van der Waals surface area contributed by atoms with Gasteiger partial charge in [0.25, 0.3) is 0 Å². The summed E-state index contributed by atoms with van der Waals surface area (Å²) in [5.41, 5.74) is 5.22. The molecule has 0 aliphatic heterocycles. The summed E-state index contributed by atoms with van der Waals surface area (Å²) in [6, 6.07) is 27.3. The fourth-order valence-corrected chi connectivity index (χ4v) is 3.08. The van der Waals surface area contributed by atoms with Crippen LogP contribution in [0.15, 0.2) is 72.8 Å². The molecule has 29 heavy (non-hydrogen) atoms. The fourth-order valence-electron chi connectivity index (χ4n) is 3.08. The van der Waals surface area contributed by atoms with Crippen LogP contribution in [-0.2, 0) is 11.3 Å². The highest BCUT2D eigenvalue weighted by molar-refractivity contribution is 6.02. The first-order valence-corrected chi connectivity index (χ1v) is 9.07. The maximum Gasteiger partial charge on any atom is 0.118 e. The molecule has 0 N–H and O–H groups in total. The molecule has 0 aliphatic rings. The van der Waals surface area contributed by atoms with Crippen LogP contribution in [0.2, 0.25) is 0 Å². The van der Waals surface area contributed by atoms with Crippen molar-refractivity contribution in [2.24, 2.45) is 0 Å². The molecule has 142 valence electrons. The Kier molecular flexibility index (Phi) is 6.43. The summed E-state index contributed by atoms with van der Waals surface area (Å²) in [7, 11) is 3.27. The van der Waals surface area contributed by atoms with E-state index < -0.39 is 0 Å². The van der Waals surface area contributed by atoms with Gasteiger partial charge in [-0.15, -0.1) is 0 Å². The maximum absolute atomic E-state index is 9.73. The second kappa shape index (κ2) is 9.37. The second-order valence-corrected chi connectivity index (χ2v) is 6.41. The van der Waals surface area contributed by atoms with E-state index in [2.05, 4.69) is 12.1 Å². The normalized spacial score (nSPS) is 11.2. The molecule has 0 atom stereocenters. The number of nitriles is 2. The Morgan fingerprint density at radius 2 is 1.14 bits per heavy atom. The van der Waals surface area contributed by atoms with E-state index in [0.29, 0.717) is 28.9 Å². The van der Waals surface area contributed by atoms with Crippen LogP contribution >= 0.6 is 0 Å². The lowest BCUT2D eigenvalue weighted by Crippen LogP contribution is -1.92. The molecule has 0 bridgehead atoms. The molecular formula is C25H20N2O2. The van der Waals surface area contributed by atoms with Gasteiger partial charge in [-0.2, -0.15) is 10.5 Å². The average molecular weight is 380 g/mol. The topological polar surface area (TPSA) is 66.0 Å². The number of nitrogens with zero attached hydrogens (tertiary/aromatic N) is 2. The summed E-state index contributed by atoms with van der Waals surface area (Å²) in [6.45, 7) is 0.504. The first-order valence-electron chi connectivity index (χ1n) is 9.07. The van der Waals surface area contributed by atoms with Crippen molar-refractivity contribution in [2.75, 3.05) is 14.2 Å². The van der Waals surface area contributed by atoms with Gasteiger partial charge in [-0.1, -0.05) is 60.7 Å². The number of methoxy groups -OCH3 is 2. The Morgan fingerprint density at radius 1 is 0.690 bits per heavy atom. The summed E-state index contributed by atoms with van der Waals surface area (Å²) < 4.78 is 10.3. The van der Waals surface area contributed by atoms with Gasteiger partial charge in [0.2, 0.25) is 0 Å².